The first-order chi connectivity index (χ1) is 15.6. The Balaban J connectivity index is 1.68. The number of guanidine groups is 1. The highest BCUT2D eigenvalue weighted by atomic mass is 15.4. The van der Waals surface area contributed by atoms with E-state index in [0.29, 0.717) is 11.9 Å². The molecule has 164 valence electrons. The van der Waals surface area contributed by atoms with Crippen LogP contribution in [0.1, 0.15) is 26.5 Å². The Kier molecular flexibility index (Phi) is 6.45. The number of aliphatic imine (C=N–C) groups is 1. The van der Waals surface area contributed by atoms with E-state index in [0.717, 1.165) is 54.2 Å². The van der Waals surface area contributed by atoms with Gasteiger partial charge in [-0.05, 0) is 36.6 Å². The molecule has 0 radical (unpaired) electrons. The van der Waals surface area contributed by atoms with Crippen molar-refractivity contribution < 1.29 is 0 Å². The number of hydrogen-bond acceptors (Lipinski definition) is 6. The smallest absolute Gasteiger partial charge is 0.213 e. The van der Waals surface area contributed by atoms with E-state index < -0.39 is 0 Å². The van der Waals surface area contributed by atoms with E-state index in [1.165, 1.54) is 0 Å². The molecule has 1 N–H and O–H groups in total. The molecule has 0 aliphatic carbocycles. The number of hydrogen-bond donors (Lipinski definition) is 1. The molecule has 1 atom stereocenters. The van der Waals surface area contributed by atoms with Crippen LogP contribution in [0.4, 0.5) is 11.5 Å². The maximum Gasteiger partial charge on any atom is 0.213 e. The summed E-state index contributed by atoms with van der Waals surface area (Å²) in [7, 11) is 0. The van der Waals surface area contributed by atoms with Crippen LogP contribution in [0.5, 0.6) is 0 Å². The molecule has 3 heterocycles. The summed E-state index contributed by atoms with van der Waals surface area (Å²) in [5.41, 5.74) is 2.68. The monoisotopic (exact) mass is 428 g/mol. The Hall–Kier alpha value is -3.73. The maximum atomic E-state index is 9.47. The Morgan fingerprint density at radius 1 is 1.16 bits per heavy atom. The molecule has 2 aromatic heterocycles. The number of aryl methyl sites for hydroxylation is 1. The van der Waals surface area contributed by atoms with Crippen molar-refractivity contribution in [1.29, 1.82) is 5.26 Å². The SMILES string of the molecule is CCc1nccnc1N1CCN(C(=Nc2cccc3ncccc23)NC#N)C(C(C)C)C1. The second-order valence-corrected chi connectivity index (χ2v) is 8.15. The standard InChI is InChI=1S/C24H28N8/c1-4-19-23(28-12-11-27-19)31-13-14-32(22(15-31)17(2)3)24(29-16-25)30-21-9-5-8-20-18(21)7-6-10-26-20/h5-12,17,22H,4,13-15H2,1-3H3,(H,29,30). The third-order valence-corrected chi connectivity index (χ3v) is 5.86. The Bertz CT molecular complexity index is 1140. The van der Waals surface area contributed by atoms with Crippen LogP contribution in [0.3, 0.4) is 0 Å². The molecule has 1 unspecified atom stereocenters. The first kappa shape index (κ1) is 21.5. The van der Waals surface area contributed by atoms with Gasteiger partial charge in [0.05, 0.1) is 22.9 Å². The fourth-order valence-electron chi connectivity index (χ4n) is 4.22. The average Bonchev–Trinajstić information content (AvgIpc) is 2.83. The van der Waals surface area contributed by atoms with Crippen LogP contribution in [-0.2, 0) is 6.42 Å². The molecular weight excluding hydrogens is 400 g/mol. The highest BCUT2D eigenvalue weighted by Gasteiger charge is 2.33. The number of aromatic nitrogens is 3. The predicted octanol–water partition coefficient (Wildman–Crippen LogP) is 3.49. The molecule has 4 rings (SSSR count). The first-order valence-electron chi connectivity index (χ1n) is 11.0. The van der Waals surface area contributed by atoms with Crippen LogP contribution in [0.15, 0.2) is 53.9 Å². The number of nitrogens with one attached hydrogen (secondary N) is 1. The summed E-state index contributed by atoms with van der Waals surface area (Å²) in [5.74, 6) is 1.86. The highest BCUT2D eigenvalue weighted by Crippen LogP contribution is 2.27. The minimum Gasteiger partial charge on any atom is -0.351 e. The van der Waals surface area contributed by atoms with Gasteiger partial charge < -0.3 is 9.80 Å². The molecule has 3 aromatic rings. The molecule has 32 heavy (non-hydrogen) atoms. The maximum absolute atomic E-state index is 9.47. The van der Waals surface area contributed by atoms with Crippen molar-refractivity contribution >= 4 is 28.4 Å². The Morgan fingerprint density at radius 2 is 2.00 bits per heavy atom. The summed E-state index contributed by atoms with van der Waals surface area (Å²) >= 11 is 0. The number of piperazine rings is 1. The molecule has 1 aliphatic rings. The van der Waals surface area contributed by atoms with Gasteiger partial charge in [0, 0.05) is 43.6 Å². The zero-order valence-electron chi connectivity index (χ0n) is 18.7. The summed E-state index contributed by atoms with van der Waals surface area (Å²) < 4.78 is 0. The van der Waals surface area contributed by atoms with Gasteiger partial charge in [-0.1, -0.05) is 26.8 Å². The van der Waals surface area contributed by atoms with E-state index in [1.54, 1.807) is 18.6 Å². The fraction of sp³-hybridized carbons (Fsp3) is 0.375. The van der Waals surface area contributed by atoms with Crippen LogP contribution in [-0.4, -0.2) is 51.5 Å². The van der Waals surface area contributed by atoms with Gasteiger partial charge in [0.2, 0.25) is 5.96 Å². The van der Waals surface area contributed by atoms with Crippen LogP contribution >= 0.6 is 0 Å². The molecule has 1 aliphatic heterocycles. The van der Waals surface area contributed by atoms with Gasteiger partial charge in [-0.25, -0.2) is 9.98 Å². The molecule has 1 saturated heterocycles. The van der Waals surface area contributed by atoms with Crippen LogP contribution < -0.4 is 10.2 Å². The molecule has 0 spiro atoms. The summed E-state index contributed by atoms with van der Waals surface area (Å²) in [6.45, 7) is 8.78. The van der Waals surface area contributed by atoms with Crippen LogP contribution in [0, 0.1) is 17.4 Å². The van der Waals surface area contributed by atoms with E-state index in [4.69, 9.17) is 4.99 Å². The largest absolute Gasteiger partial charge is 0.351 e. The molecule has 1 fully saturated rings. The number of nitriles is 1. The van der Waals surface area contributed by atoms with Crippen molar-refractivity contribution in [3.63, 3.8) is 0 Å². The summed E-state index contributed by atoms with van der Waals surface area (Å²) in [5, 5.41) is 13.3. The van der Waals surface area contributed by atoms with Crippen molar-refractivity contribution in [1.82, 2.24) is 25.2 Å². The second kappa shape index (κ2) is 9.60. The summed E-state index contributed by atoms with van der Waals surface area (Å²) in [4.78, 5) is 22.9. The predicted molar refractivity (Wildman–Crippen MR) is 127 cm³/mol. The lowest BCUT2D eigenvalue weighted by atomic mass is 9.99. The number of nitrogens with zero attached hydrogens (tertiary/aromatic N) is 7. The van der Waals surface area contributed by atoms with E-state index in [2.05, 4.69) is 57.0 Å². The molecular formula is C24H28N8. The Labute approximate surface area is 188 Å². The zero-order valence-corrected chi connectivity index (χ0v) is 18.7. The van der Waals surface area contributed by atoms with Gasteiger partial charge >= 0.3 is 0 Å². The van der Waals surface area contributed by atoms with E-state index >= 15 is 0 Å². The van der Waals surface area contributed by atoms with Gasteiger partial charge in [-0.15, -0.1) is 0 Å². The molecule has 8 heteroatoms. The Morgan fingerprint density at radius 3 is 2.78 bits per heavy atom. The van der Waals surface area contributed by atoms with Crippen LogP contribution in [0.25, 0.3) is 10.9 Å². The molecule has 1 aromatic carbocycles. The van der Waals surface area contributed by atoms with E-state index in [-0.39, 0.29) is 6.04 Å². The summed E-state index contributed by atoms with van der Waals surface area (Å²) in [6.07, 6.45) is 8.20. The van der Waals surface area contributed by atoms with Crippen LogP contribution in [0.2, 0.25) is 0 Å². The van der Waals surface area contributed by atoms with Crippen molar-refractivity contribution in [2.75, 3.05) is 24.5 Å². The highest BCUT2D eigenvalue weighted by molar-refractivity contribution is 5.94. The molecule has 0 saturated carbocycles. The third kappa shape index (κ3) is 4.33. The van der Waals surface area contributed by atoms with Crippen molar-refractivity contribution in [2.24, 2.45) is 10.9 Å². The van der Waals surface area contributed by atoms with Gasteiger partial charge in [-0.3, -0.25) is 15.3 Å². The van der Waals surface area contributed by atoms with Crippen molar-refractivity contribution in [3.8, 4) is 6.19 Å². The first-order valence-corrected chi connectivity index (χ1v) is 11.0. The number of anilines is 1. The number of benzene rings is 1. The van der Waals surface area contributed by atoms with E-state index in [1.807, 2.05) is 30.3 Å². The van der Waals surface area contributed by atoms with E-state index in [9.17, 15) is 5.26 Å². The van der Waals surface area contributed by atoms with Gasteiger partial charge in [0.25, 0.3) is 0 Å². The molecule has 8 nitrogen and oxygen atoms in total. The second-order valence-electron chi connectivity index (χ2n) is 8.15. The minimum absolute atomic E-state index is 0.156. The van der Waals surface area contributed by atoms with Crippen molar-refractivity contribution in [3.05, 3.63) is 54.6 Å². The lowest BCUT2D eigenvalue weighted by molar-refractivity contribution is 0.219. The van der Waals surface area contributed by atoms with Gasteiger partial charge in [-0.2, -0.15) is 5.26 Å². The summed E-state index contributed by atoms with van der Waals surface area (Å²) in [6, 6.07) is 9.92. The number of pyridine rings is 1. The number of rotatable bonds is 4. The molecule has 0 amide bonds. The topological polar surface area (TPSA) is 93.3 Å². The van der Waals surface area contributed by atoms with Gasteiger partial charge in [0.1, 0.15) is 5.82 Å². The zero-order chi connectivity index (χ0) is 22.5. The van der Waals surface area contributed by atoms with Gasteiger partial charge in [0.15, 0.2) is 6.19 Å². The van der Waals surface area contributed by atoms with Crippen molar-refractivity contribution in [2.45, 2.75) is 33.2 Å². The fourth-order valence-corrected chi connectivity index (χ4v) is 4.22. The normalized spacial score (nSPS) is 17.0. The lowest BCUT2D eigenvalue weighted by Gasteiger charge is -2.45. The average molecular weight is 429 g/mol. The molecule has 0 bridgehead atoms. The third-order valence-electron chi connectivity index (χ3n) is 5.86. The lowest BCUT2D eigenvalue weighted by Crippen LogP contribution is -2.59. The number of fused-ring (bicyclic) bond motifs is 1. The quantitative estimate of drug-likeness (QED) is 0.294. The minimum atomic E-state index is 0.156.